The van der Waals surface area contributed by atoms with Gasteiger partial charge in [-0.1, -0.05) is 12.1 Å². The van der Waals surface area contributed by atoms with Crippen LogP contribution in [0.5, 0.6) is 5.75 Å². The lowest BCUT2D eigenvalue weighted by molar-refractivity contribution is -0.140. The van der Waals surface area contributed by atoms with Crippen molar-refractivity contribution in [3.8, 4) is 5.75 Å². The molecule has 1 aromatic rings. The van der Waals surface area contributed by atoms with Crippen LogP contribution in [0.3, 0.4) is 0 Å². The van der Waals surface area contributed by atoms with Gasteiger partial charge in [0.2, 0.25) is 0 Å². The van der Waals surface area contributed by atoms with Gasteiger partial charge >= 0.3 is 5.97 Å². The third-order valence-corrected chi connectivity index (χ3v) is 2.46. The van der Waals surface area contributed by atoms with Crippen LogP contribution in [0.2, 0.25) is 0 Å². The smallest absolute Gasteiger partial charge is 0.323 e. The summed E-state index contributed by atoms with van der Waals surface area (Å²) in [4.78, 5) is 10.7. The number of hydrogen-bond acceptors (Lipinski definition) is 4. The van der Waals surface area contributed by atoms with E-state index in [0.29, 0.717) is 12.3 Å². The van der Waals surface area contributed by atoms with Gasteiger partial charge in [-0.25, -0.2) is 0 Å². The summed E-state index contributed by atoms with van der Waals surface area (Å²) >= 11 is 0. The van der Waals surface area contributed by atoms with Crippen molar-refractivity contribution in [1.82, 2.24) is 5.32 Å². The second-order valence-corrected chi connectivity index (χ2v) is 3.77. The van der Waals surface area contributed by atoms with Crippen molar-refractivity contribution in [2.75, 3.05) is 13.7 Å². The molecule has 5 nitrogen and oxygen atoms in total. The molecule has 0 amide bonds. The Bertz CT molecular complexity index is 392. The fourth-order valence-electron chi connectivity index (χ4n) is 1.46. The van der Waals surface area contributed by atoms with Crippen LogP contribution in [0.4, 0.5) is 0 Å². The Morgan fingerprint density at radius 3 is 2.76 bits per heavy atom. The SMILES string of the molecule is COc1cc(C)ccc1CNC(CO)C(=O)O. The minimum absolute atomic E-state index is 0.334. The zero-order valence-electron chi connectivity index (χ0n) is 9.93. The maximum atomic E-state index is 10.7. The maximum Gasteiger partial charge on any atom is 0.323 e. The molecule has 1 atom stereocenters. The molecule has 0 saturated heterocycles. The van der Waals surface area contributed by atoms with Crippen molar-refractivity contribution in [1.29, 1.82) is 0 Å². The van der Waals surface area contributed by atoms with Crippen LogP contribution in [0, 0.1) is 6.92 Å². The third kappa shape index (κ3) is 3.72. The average Bonchev–Trinajstić information content (AvgIpc) is 2.31. The van der Waals surface area contributed by atoms with Gasteiger partial charge < -0.3 is 14.9 Å². The number of methoxy groups -OCH3 is 1. The van der Waals surface area contributed by atoms with E-state index in [9.17, 15) is 4.79 Å². The summed E-state index contributed by atoms with van der Waals surface area (Å²) in [5, 5.41) is 20.4. The van der Waals surface area contributed by atoms with Gasteiger partial charge in [0.05, 0.1) is 13.7 Å². The number of aliphatic carboxylic acids is 1. The molecule has 1 unspecified atom stereocenters. The van der Waals surface area contributed by atoms with Crippen molar-refractivity contribution in [2.24, 2.45) is 0 Å². The Hall–Kier alpha value is -1.59. The molecule has 0 radical (unpaired) electrons. The summed E-state index contributed by atoms with van der Waals surface area (Å²) in [5.41, 5.74) is 1.93. The van der Waals surface area contributed by atoms with Gasteiger partial charge in [0, 0.05) is 12.1 Å². The molecule has 0 aromatic heterocycles. The summed E-state index contributed by atoms with van der Waals surface area (Å²) < 4.78 is 5.20. The van der Waals surface area contributed by atoms with Crippen LogP contribution in [0.15, 0.2) is 18.2 Å². The Morgan fingerprint density at radius 1 is 1.53 bits per heavy atom. The molecule has 0 aliphatic rings. The highest BCUT2D eigenvalue weighted by molar-refractivity contribution is 5.73. The van der Waals surface area contributed by atoms with E-state index in [2.05, 4.69) is 5.32 Å². The number of benzene rings is 1. The fourth-order valence-corrected chi connectivity index (χ4v) is 1.46. The fraction of sp³-hybridized carbons (Fsp3) is 0.417. The van der Waals surface area contributed by atoms with Gasteiger partial charge in [-0.15, -0.1) is 0 Å². The van der Waals surface area contributed by atoms with Gasteiger partial charge in [-0.3, -0.25) is 10.1 Å². The van der Waals surface area contributed by atoms with Gasteiger partial charge in [-0.05, 0) is 18.6 Å². The van der Waals surface area contributed by atoms with Gasteiger partial charge in [-0.2, -0.15) is 0 Å². The summed E-state index contributed by atoms with van der Waals surface area (Å²) in [6.07, 6.45) is 0. The van der Waals surface area contributed by atoms with Gasteiger partial charge in [0.15, 0.2) is 0 Å². The Balaban J connectivity index is 2.71. The quantitative estimate of drug-likeness (QED) is 0.675. The van der Waals surface area contributed by atoms with Crippen LogP contribution in [-0.4, -0.2) is 35.9 Å². The number of nitrogens with one attached hydrogen (secondary N) is 1. The Labute approximate surface area is 100 Å². The first-order valence-electron chi connectivity index (χ1n) is 5.29. The van der Waals surface area contributed by atoms with Crippen LogP contribution in [-0.2, 0) is 11.3 Å². The largest absolute Gasteiger partial charge is 0.496 e. The number of carboxylic acids is 1. The second-order valence-electron chi connectivity index (χ2n) is 3.77. The van der Waals surface area contributed by atoms with Crippen LogP contribution >= 0.6 is 0 Å². The first kappa shape index (κ1) is 13.5. The third-order valence-electron chi connectivity index (χ3n) is 2.46. The highest BCUT2D eigenvalue weighted by Crippen LogP contribution is 2.19. The predicted octanol–water partition coefficient (Wildman–Crippen LogP) is 0.539. The van der Waals surface area contributed by atoms with Crippen LogP contribution in [0.1, 0.15) is 11.1 Å². The highest BCUT2D eigenvalue weighted by atomic mass is 16.5. The predicted molar refractivity (Wildman–Crippen MR) is 63.1 cm³/mol. The standard InChI is InChI=1S/C12H17NO4/c1-8-3-4-9(11(5-8)17-2)6-13-10(7-14)12(15)16/h3-5,10,13-14H,6-7H2,1-2H3,(H,15,16). The van der Waals surface area contributed by atoms with Crippen LogP contribution in [0.25, 0.3) is 0 Å². The van der Waals surface area contributed by atoms with E-state index in [1.165, 1.54) is 0 Å². The molecule has 0 saturated carbocycles. The molecular formula is C12H17NO4. The lowest BCUT2D eigenvalue weighted by Gasteiger charge is -2.14. The molecule has 1 aromatic carbocycles. The van der Waals surface area contributed by atoms with E-state index in [0.717, 1.165) is 11.1 Å². The number of aryl methyl sites for hydroxylation is 1. The van der Waals surface area contributed by atoms with E-state index < -0.39 is 18.6 Å². The number of aliphatic hydroxyl groups is 1. The van der Waals surface area contributed by atoms with Crippen molar-refractivity contribution in [3.05, 3.63) is 29.3 Å². The maximum absolute atomic E-state index is 10.7. The molecule has 17 heavy (non-hydrogen) atoms. The number of rotatable bonds is 6. The van der Waals surface area contributed by atoms with E-state index in [1.54, 1.807) is 7.11 Å². The number of ether oxygens (including phenoxy) is 1. The molecule has 0 fully saturated rings. The first-order valence-corrected chi connectivity index (χ1v) is 5.29. The first-order chi connectivity index (χ1) is 8.08. The molecule has 0 aliphatic carbocycles. The molecule has 0 aliphatic heterocycles. The number of carboxylic acid groups (broad SMARTS) is 1. The Morgan fingerprint density at radius 2 is 2.24 bits per heavy atom. The number of carbonyl (C=O) groups is 1. The topological polar surface area (TPSA) is 78.8 Å². The van der Waals surface area contributed by atoms with Crippen molar-refractivity contribution in [3.63, 3.8) is 0 Å². The molecule has 3 N–H and O–H groups in total. The number of aliphatic hydroxyl groups excluding tert-OH is 1. The normalized spacial score (nSPS) is 12.2. The van der Waals surface area contributed by atoms with Crippen molar-refractivity contribution >= 4 is 5.97 Å². The zero-order valence-corrected chi connectivity index (χ0v) is 9.93. The minimum Gasteiger partial charge on any atom is -0.496 e. The lowest BCUT2D eigenvalue weighted by atomic mass is 10.1. The molecule has 1 rings (SSSR count). The van der Waals surface area contributed by atoms with Crippen molar-refractivity contribution in [2.45, 2.75) is 19.5 Å². The molecule has 0 heterocycles. The molecule has 5 heteroatoms. The van der Waals surface area contributed by atoms with Crippen molar-refractivity contribution < 1.29 is 19.7 Å². The summed E-state index contributed by atoms with van der Waals surface area (Å²) in [6, 6.07) is 4.72. The zero-order chi connectivity index (χ0) is 12.8. The summed E-state index contributed by atoms with van der Waals surface area (Å²) in [7, 11) is 1.57. The van der Waals surface area contributed by atoms with Crippen LogP contribution < -0.4 is 10.1 Å². The summed E-state index contributed by atoms with van der Waals surface area (Å²) in [5.74, 6) is -0.363. The minimum atomic E-state index is -1.07. The average molecular weight is 239 g/mol. The monoisotopic (exact) mass is 239 g/mol. The van der Waals surface area contributed by atoms with E-state index in [1.807, 2.05) is 25.1 Å². The molecule has 0 spiro atoms. The van der Waals surface area contributed by atoms with Gasteiger partial charge in [0.1, 0.15) is 11.8 Å². The van der Waals surface area contributed by atoms with Gasteiger partial charge in [0.25, 0.3) is 0 Å². The van der Waals surface area contributed by atoms with E-state index in [-0.39, 0.29) is 0 Å². The molecule has 0 bridgehead atoms. The Kier molecular flexibility index (Phi) is 4.93. The summed E-state index contributed by atoms with van der Waals surface area (Å²) in [6.45, 7) is 1.85. The lowest BCUT2D eigenvalue weighted by Crippen LogP contribution is -2.39. The molecular weight excluding hydrogens is 222 g/mol. The molecule has 94 valence electrons. The van der Waals surface area contributed by atoms with E-state index in [4.69, 9.17) is 14.9 Å². The highest BCUT2D eigenvalue weighted by Gasteiger charge is 2.15. The second kappa shape index (κ2) is 6.22. The van der Waals surface area contributed by atoms with E-state index >= 15 is 0 Å². The number of hydrogen-bond donors (Lipinski definition) is 3.